The van der Waals surface area contributed by atoms with Gasteiger partial charge >= 0.3 is 0 Å². The molecule has 5 nitrogen and oxygen atoms in total. The van der Waals surface area contributed by atoms with Gasteiger partial charge in [0.15, 0.2) is 11.5 Å². The number of rotatable bonds is 8. The molecule has 0 N–H and O–H groups in total. The first-order chi connectivity index (χ1) is 17.6. The molecule has 4 aromatic rings. The van der Waals surface area contributed by atoms with Crippen molar-refractivity contribution in [2.45, 2.75) is 20.1 Å². The predicted octanol–water partition coefficient (Wildman–Crippen LogP) is 7.05. The maximum absolute atomic E-state index is 12.9. The Kier molecular flexibility index (Phi) is 7.05. The summed E-state index contributed by atoms with van der Waals surface area (Å²) in [5.74, 6) is 0.929. The van der Waals surface area contributed by atoms with Crippen LogP contribution in [-0.2, 0) is 17.9 Å². The quantitative estimate of drug-likeness (QED) is 0.245. The molecule has 1 fully saturated rings. The van der Waals surface area contributed by atoms with Crippen molar-refractivity contribution in [3.05, 3.63) is 113 Å². The van der Waals surface area contributed by atoms with Gasteiger partial charge in [0.05, 0.1) is 18.1 Å². The normalized spacial score (nSPS) is 14.6. The van der Waals surface area contributed by atoms with Gasteiger partial charge in [0.1, 0.15) is 6.61 Å². The van der Waals surface area contributed by atoms with Crippen molar-refractivity contribution in [3.8, 4) is 11.5 Å². The Bertz CT molecular complexity index is 1450. The summed E-state index contributed by atoms with van der Waals surface area (Å²) in [7, 11) is 0. The fourth-order valence-corrected chi connectivity index (χ4v) is 4.88. The fraction of sp³-hybridized carbons (Fsp3) is 0.133. The lowest BCUT2D eigenvalue weighted by molar-refractivity contribution is -0.123. The Labute approximate surface area is 214 Å². The van der Waals surface area contributed by atoms with E-state index in [9.17, 15) is 9.59 Å². The molecule has 180 valence electrons. The third-order valence-electron chi connectivity index (χ3n) is 5.83. The van der Waals surface area contributed by atoms with Crippen molar-refractivity contribution in [1.82, 2.24) is 4.90 Å². The van der Waals surface area contributed by atoms with E-state index in [2.05, 4.69) is 30.3 Å². The van der Waals surface area contributed by atoms with E-state index < -0.39 is 0 Å². The molecule has 0 bridgehead atoms. The van der Waals surface area contributed by atoms with E-state index in [1.54, 1.807) is 6.08 Å². The van der Waals surface area contributed by atoms with Gasteiger partial charge in [0, 0.05) is 0 Å². The Morgan fingerprint density at radius 3 is 2.36 bits per heavy atom. The van der Waals surface area contributed by atoms with E-state index in [0.29, 0.717) is 29.6 Å². The van der Waals surface area contributed by atoms with Crippen LogP contribution in [0.3, 0.4) is 0 Å². The van der Waals surface area contributed by atoms with Crippen molar-refractivity contribution in [2.24, 2.45) is 0 Å². The summed E-state index contributed by atoms with van der Waals surface area (Å²) in [5.41, 5.74) is 2.74. The second-order valence-corrected chi connectivity index (χ2v) is 9.36. The molecule has 1 heterocycles. The highest BCUT2D eigenvalue weighted by molar-refractivity contribution is 8.18. The molecule has 6 heteroatoms. The van der Waals surface area contributed by atoms with E-state index in [0.717, 1.165) is 28.5 Å². The zero-order chi connectivity index (χ0) is 24.9. The van der Waals surface area contributed by atoms with Gasteiger partial charge in [-0.15, -0.1) is 0 Å². The molecule has 36 heavy (non-hydrogen) atoms. The Hall–Kier alpha value is -4.03. The molecular formula is C30H25NO4S. The second-order valence-electron chi connectivity index (χ2n) is 8.36. The first-order valence-electron chi connectivity index (χ1n) is 11.8. The number of nitrogens with zero attached hydrogens (tertiary/aromatic N) is 1. The second kappa shape index (κ2) is 10.7. The van der Waals surface area contributed by atoms with E-state index in [4.69, 9.17) is 9.47 Å². The molecule has 4 aromatic carbocycles. The minimum atomic E-state index is -0.288. The third kappa shape index (κ3) is 5.29. The van der Waals surface area contributed by atoms with Crippen LogP contribution in [0.1, 0.15) is 23.6 Å². The van der Waals surface area contributed by atoms with Crippen LogP contribution in [-0.4, -0.2) is 22.7 Å². The van der Waals surface area contributed by atoms with Crippen LogP contribution >= 0.6 is 11.8 Å². The number of carbonyl (C=O) groups is 2. The highest BCUT2D eigenvalue weighted by Crippen LogP contribution is 2.35. The van der Waals surface area contributed by atoms with Crippen LogP contribution < -0.4 is 9.47 Å². The highest BCUT2D eigenvalue weighted by Gasteiger charge is 2.35. The highest BCUT2D eigenvalue weighted by atomic mass is 32.2. The van der Waals surface area contributed by atoms with Gasteiger partial charge in [0.25, 0.3) is 11.1 Å². The molecule has 0 aliphatic carbocycles. The summed E-state index contributed by atoms with van der Waals surface area (Å²) >= 11 is 0.954. The number of benzene rings is 4. The molecule has 0 aromatic heterocycles. The lowest BCUT2D eigenvalue weighted by atomic mass is 10.1. The van der Waals surface area contributed by atoms with E-state index in [1.165, 1.54) is 15.7 Å². The minimum absolute atomic E-state index is 0.259. The molecule has 0 atom stereocenters. The van der Waals surface area contributed by atoms with Crippen molar-refractivity contribution in [2.75, 3.05) is 6.61 Å². The third-order valence-corrected chi connectivity index (χ3v) is 6.74. The SMILES string of the molecule is CCOc1cc(/C=C2/SC(=O)N(Cc3ccccc3)C2=O)ccc1OCc1ccc2ccccc2c1. The zero-order valence-corrected chi connectivity index (χ0v) is 20.7. The average molecular weight is 496 g/mol. The van der Waals surface area contributed by atoms with E-state index in [-0.39, 0.29) is 17.7 Å². The molecule has 1 aliphatic heterocycles. The van der Waals surface area contributed by atoms with Gasteiger partial charge in [0.2, 0.25) is 0 Å². The molecule has 1 saturated heterocycles. The molecular weight excluding hydrogens is 470 g/mol. The van der Waals surface area contributed by atoms with Gasteiger partial charge in [-0.1, -0.05) is 72.8 Å². The van der Waals surface area contributed by atoms with Crippen LogP contribution in [0.25, 0.3) is 16.8 Å². The van der Waals surface area contributed by atoms with Crippen molar-refractivity contribution in [3.63, 3.8) is 0 Å². The zero-order valence-electron chi connectivity index (χ0n) is 19.8. The molecule has 2 amide bonds. The van der Waals surface area contributed by atoms with Crippen LogP contribution in [0, 0.1) is 0 Å². The van der Waals surface area contributed by atoms with Crippen molar-refractivity contribution < 1.29 is 19.1 Å². The number of thioether (sulfide) groups is 1. The number of imide groups is 1. The monoisotopic (exact) mass is 495 g/mol. The van der Waals surface area contributed by atoms with Crippen LogP contribution in [0.4, 0.5) is 4.79 Å². The van der Waals surface area contributed by atoms with Crippen LogP contribution in [0.2, 0.25) is 0 Å². The number of ether oxygens (including phenoxy) is 2. The Morgan fingerprint density at radius 1 is 0.778 bits per heavy atom. The largest absolute Gasteiger partial charge is 0.490 e. The summed E-state index contributed by atoms with van der Waals surface area (Å²) in [6.07, 6.45) is 1.73. The molecule has 0 spiro atoms. The van der Waals surface area contributed by atoms with Gasteiger partial charge in [-0.2, -0.15) is 0 Å². The molecule has 0 unspecified atom stereocenters. The molecule has 0 radical (unpaired) electrons. The number of hydrogen-bond acceptors (Lipinski definition) is 5. The summed E-state index contributed by atoms with van der Waals surface area (Å²) in [6.45, 7) is 3.05. The number of carbonyl (C=O) groups excluding carboxylic acids is 2. The first kappa shape index (κ1) is 23.7. The Morgan fingerprint density at radius 2 is 1.56 bits per heavy atom. The van der Waals surface area contributed by atoms with E-state index >= 15 is 0 Å². The average Bonchev–Trinajstić information content (AvgIpc) is 3.16. The lowest BCUT2D eigenvalue weighted by Crippen LogP contribution is -2.27. The number of hydrogen-bond donors (Lipinski definition) is 0. The number of amides is 2. The fourth-order valence-electron chi connectivity index (χ4n) is 4.05. The standard InChI is InChI=1S/C30H25NO4S/c1-2-34-27-17-22(18-28-29(32)31(30(33)36-28)19-21-8-4-3-5-9-21)13-15-26(27)35-20-23-12-14-24-10-6-7-11-25(24)16-23/h3-18H,2,19-20H2,1H3/b28-18+. The maximum atomic E-state index is 12.9. The molecule has 0 saturated carbocycles. The van der Waals surface area contributed by atoms with Gasteiger partial charge < -0.3 is 9.47 Å². The van der Waals surface area contributed by atoms with E-state index in [1.807, 2.05) is 67.6 Å². The summed E-state index contributed by atoms with van der Waals surface area (Å²) in [6, 6.07) is 29.5. The molecule has 5 rings (SSSR count). The Balaban J connectivity index is 1.32. The summed E-state index contributed by atoms with van der Waals surface area (Å²) in [5, 5.41) is 2.09. The lowest BCUT2D eigenvalue weighted by Gasteiger charge is -2.13. The van der Waals surface area contributed by atoms with Gasteiger partial charge in [-0.25, -0.2) is 0 Å². The topological polar surface area (TPSA) is 55.8 Å². The van der Waals surface area contributed by atoms with Crippen molar-refractivity contribution in [1.29, 1.82) is 0 Å². The predicted molar refractivity (Wildman–Crippen MR) is 144 cm³/mol. The minimum Gasteiger partial charge on any atom is -0.490 e. The number of fused-ring (bicyclic) bond motifs is 1. The van der Waals surface area contributed by atoms with Gasteiger partial charge in [-0.05, 0) is 70.4 Å². The van der Waals surface area contributed by atoms with Gasteiger partial charge in [-0.3, -0.25) is 14.5 Å². The first-order valence-corrected chi connectivity index (χ1v) is 12.6. The molecule has 1 aliphatic rings. The van der Waals surface area contributed by atoms with Crippen molar-refractivity contribution >= 4 is 39.8 Å². The summed E-state index contributed by atoms with van der Waals surface area (Å²) < 4.78 is 11.9. The van der Waals surface area contributed by atoms with Crippen LogP contribution in [0.15, 0.2) is 95.9 Å². The van der Waals surface area contributed by atoms with Crippen LogP contribution in [0.5, 0.6) is 11.5 Å². The maximum Gasteiger partial charge on any atom is 0.293 e. The summed E-state index contributed by atoms with van der Waals surface area (Å²) in [4.78, 5) is 27.1. The smallest absolute Gasteiger partial charge is 0.293 e.